The molecular weight excluding hydrogens is 1580 g/mol. The Bertz CT molecular complexity index is 4560. The molecule has 108 heavy (non-hydrogen) atoms. The smallest absolute Gasteiger partial charge is 0.443 e. The number of rotatable bonds is 15. The van der Waals surface area contributed by atoms with E-state index in [1.165, 1.54) is 47.4 Å². The van der Waals surface area contributed by atoms with Crippen LogP contribution in [0.15, 0.2) is 199 Å². The van der Waals surface area contributed by atoms with E-state index in [9.17, 15) is 50.7 Å². The highest BCUT2D eigenvalue weighted by molar-refractivity contribution is 9.10. The number of hydrogen-bond acceptors (Lipinski definition) is 19. The van der Waals surface area contributed by atoms with E-state index in [0.717, 1.165) is 23.0 Å². The molecule has 0 saturated carbocycles. The van der Waals surface area contributed by atoms with E-state index >= 15 is 0 Å². The number of nitrogens with one attached hydrogen (secondary N) is 3. The molecule has 0 radical (unpaired) electrons. The third-order valence-electron chi connectivity index (χ3n) is 12.7. The molecule has 0 bridgehead atoms. The van der Waals surface area contributed by atoms with Gasteiger partial charge in [0.15, 0.2) is 18.9 Å². The SMILES string of the molecule is CC(C)(C)OC(=O)N(Cc1ccccc1Cl)c1ccc(C=O)c(F)n1.CC(C)(C)OC(=O)OC(=O)OC(C)(C)C.Fc1cccc(NCc2ccccc2Cl)n1.Fc1nc(NCc2ccccc2Cl)ccc1Br.Nc1cccc(F)n1.O=Cc1ccc(NCc2ccccc2Cl)nc1F.O=Cc1ccccc1Cl. The van der Waals surface area contributed by atoms with Gasteiger partial charge in [-0.05, 0) is 191 Å². The van der Waals surface area contributed by atoms with Crippen molar-refractivity contribution in [1.82, 2.24) is 24.9 Å². The highest BCUT2D eigenvalue weighted by Gasteiger charge is 2.27. The summed E-state index contributed by atoms with van der Waals surface area (Å²) < 4.78 is 84.6. The third-order valence-corrected chi connectivity index (χ3v) is 15.1. The summed E-state index contributed by atoms with van der Waals surface area (Å²) in [5.74, 6) is -1.73. The van der Waals surface area contributed by atoms with Gasteiger partial charge < -0.3 is 40.6 Å². The topological polar surface area (TPSA) is 269 Å². The standard InChI is InChI=1S/C18H18ClFN2O3.C13H10ClFN2O.C12H9BrClFN2.C12H10ClFN2.C10H18O5.C7H5ClO.C5H5FN2/c1-18(2,3)25-17(24)22(10-12-6-4-5-7-14(12)19)15-9-8-13(11-23)16(20)21-15;14-11-4-2-1-3-9(11)7-16-12-6-5-10(8-18)13(15)17-12;13-9-5-6-11(17-12(9)15)16-7-8-3-1-2-4-10(8)14;13-10-5-2-1-4-9(10)8-15-12-7-3-6-11(14)16-12;1-9(2,3)14-7(11)13-8(12)15-10(4,5)6;8-7-4-2-1-3-6(7)5-9;6-4-2-1-3-5(7)8-4/h4-9,11H,10H2,1-3H3;1-6,8H,7H2,(H,16,17);1-6H,7H2,(H,16,17);1-7H,8H2,(H,15,16);1-6H3;1-5H;1-3H,(H2,7,8). The molecule has 5 N–H and O–H groups in total. The van der Waals surface area contributed by atoms with E-state index in [0.29, 0.717) is 90.4 Å². The summed E-state index contributed by atoms with van der Waals surface area (Å²) in [5, 5.41) is 11.9. The lowest BCUT2D eigenvalue weighted by Crippen LogP contribution is -2.37. The predicted molar refractivity (Wildman–Crippen MR) is 414 cm³/mol. The number of carbonyl (C=O) groups is 6. The Morgan fingerprint density at radius 1 is 0.417 bits per heavy atom. The number of ether oxygens (including phenoxy) is 4. The van der Waals surface area contributed by atoms with Crippen LogP contribution in [0.2, 0.25) is 25.1 Å². The molecule has 5 aromatic carbocycles. The Labute approximate surface area is 654 Å². The molecule has 20 nitrogen and oxygen atoms in total. The van der Waals surface area contributed by atoms with Crippen LogP contribution in [-0.4, -0.2) is 79.0 Å². The number of benzene rings is 5. The summed E-state index contributed by atoms with van der Waals surface area (Å²) in [4.78, 5) is 85.2. The van der Waals surface area contributed by atoms with Crippen LogP contribution in [0.3, 0.4) is 0 Å². The maximum atomic E-state index is 13.9. The van der Waals surface area contributed by atoms with Gasteiger partial charge in [-0.15, -0.1) is 0 Å². The fourth-order valence-corrected chi connectivity index (χ4v) is 8.97. The van der Waals surface area contributed by atoms with Crippen LogP contribution in [0.25, 0.3) is 0 Å². The molecule has 10 rings (SSSR count). The second-order valence-corrected chi connectivity index (χ2v) is 27.6. The van der Waals surface area contributed by atoms with Crippen LogP contribution in [0.1, 0.15) is 116 Å². The molecule has 5 heterocycles. The summed E-state index contributed by atoms with van der Waals surface area (Å²) >= 11 is 32.8. The lowest BCUT2D eigenvalue weighted by atomic mass is 10.2. The number of halogens is 11. The molecule has 0 fully saturated rings. The molecule has 0 aliphatic heterocycles. The van der Waals surface area contributed by atoms with Crippen LogP contribution in [0, 0.1) is 29.7 Å². The van der Waals surface area contributed by atoms with Gasteiger partial charge >= 0.3 is 18.4 Å². The van der Waals surface area contributed by atoms with Gasteiger partial charge in [0.1, 0.15) is 45.9 Å². The van der Waals surface area contributed by atoms with Crippen LogP contribution in [0.4, 0.5) is 65.4 Å². The van der Waals surface area contributed by atoms with Gasteiger partial charge in [-0.2, -0.15) is 22.0 Å². The fraction of sp³-hybridized carbons (Fsp3) is 0.208. The average Bonchev–Trinajstić information content (AvgIpc) is 0.818. The Balaban J connectivity index is 0.000000273. The van der Waals surface area contributed by atoms with Crippen molar-refractivity contribution in [2.75, 3.05) is 26.6 Å². The van der Waals surface area contributed by atoms with Crippen molar-refractivity contribution in [3.63, 3.8) is 0 Å². The zero-order chi connectivity index (χ0) is 80.2. The lowest BCUT2D eigenvalue weighted by Gasteiger charge is -2.27. The molecule has 1 amide bonds. The van der Waals surface area contributed by atoms with Gasteiger partial charge in [0.05, 0.1) is 27.2 Å². The zero-order valence-corrected chi connectivity index (χ0v) is 64.9. The number of nitrogen functional groups attached to an aromatic ring is 1. The summed E-state index contributed by atoms with van der Waals surface area (Å²) in [5.41, 5.74) is 6.71. The number of aromatic nitrogens is 5. The number of amides is 1. The van der Waals surface area contributed by atoms with Crippen molar-refractivity contribution in [2.24, 2.45) is 0 Å². The Morgan fingerprint density at radius 3 is 1.15 bits per heavy atom. The van der Waals surface area contributed by atoms with Gasteiger partial charge in [-0.3, -0.25) is 19.3 Å². The lowest BCUT2D eigenvalue weighted by molar-refractivity contribution is -0.0294. The van der Waals surface area contributed by atoms with Crippen molar-refractivity contribution in [3.05, 3.63) is 292 Å². The second-order valence-electron chi connectivity index (χ2n) is 24.7. The number of anilines is 5. The molecule has 0 aliphatic carbocycles. The van der Waals surface area contributed by atoms with Crippen LogP contribution in [0.5, 0.6) is 0 Å². The summed E-state index contributed by atoms with van der Waals surface area (Å²) in [6.07, 6.45) is -1.28. The first kappa shape index (κ1) is 90.0. The molecular formula is C77H75BrCl5F5N10O10. The minimum Gasteiger partial charge on any atom is -0.443 e. The van der Waals surface area contributed by atoms with E-state index in [2.05, 4.69) is 61.5 Å². The Kier molecular flexibility index (Phi) is 37.8. The van der Waals surface area contributed by atoms with Crippen LogP contribution >= 0.6 is 73.9 Å². The van der Waals surface area contributed by atoms with Crippen LogP contribution < -0.4 is 26.6 Å². The van der Waals surface area contributed by atoms with Crippen molar-refractivity contribution in [2.45, 2.75) is 105 Å². The minimum atomic E-state index is -1.06. The van der Waals surface area contributed by atoms with E-state index in [-0.39, 0.29) is 29.3 Å². The molecule has 0 atom stereocenters. The first-order chi connectivity index (χ1) is 51.0. The molecule has 0 unspecified atom stereocenters. The maximum Gasteiger partial charge on any atom is 0.519 e. The fourth-order valence-electron chi connectivity index (χ4n) is 7.77. The predicted octanol–water partition coefficient (Wildman–Crippen LogP) is 21.5. The molecule has 0 spiro atoms. The first-order valence-corrected chi connectivity index (χ1v) is 34.7. The van der Waals surface area contributed by atoms with Gasteiger partial charge in [0.2, 0.25) is 29.7 Å². The van der Waals surface area contributed by atoms with Crippen molar-refractivity contribution < 1.29 is 69.7 Å². The van der Waals surface area contributed by atoms with E-state index in [1.54, 1.807) is 147 Å². The van der Waals surface area contributed by atoms with Crippen molar-refractivity contribution in [1.29, 1.82) is 0 Å². The maximum absolute atomic E-state index is 13.9. The second kappa shape index (κ2) is 45.3. The normalized spacial score (nSPS) is 10.4. The van der Waals surface area contributed by atoms with Gasteiger partial charge in [0, 0.05) is 45.3 Å². The molecule has 570 valence electrons. The number of carbonyl (C=O) groups excluding carboxylic acids is 6. The molecule has 31 heteroatoms. The van der Waals surface area contributed by atoms with Crippen molar-refractivity contribution in [3.8, 4) is 0 Å². The van der Waals surface area contributed by atoms with E-state index < -0.39 is 64.9 Å². The van der Waals surface area contributed by atoms with Crippen LogP contribution in [-0.2, 0) is 45.1 Å². The monoisotopic (exact) mass is 1650 g/mol. The minimum absolute atomic E-state index is 0.0252. The zero-order valence-electron chi connectivity index (χ0n) is 59.5. The largest absolute Gasteiger partial charge is 0.519 e. The van der Waals surface area contributed by atoms with Gasteiger partial charge in [-0.1, -0.05) is 161 Å². The first-order valence-electron chi connectivity index (χ1n) is 32.0. The Hall–Kier alpha value is -10.4. The number of nitrogens with two attached hydrogens (primary N) is 1. The highest BCUT2D eigenvalue weighted by atomic mass is 79.9. The summed E-state index contributed by atoms with van der Waals surface area (Å²) in [6, 6.07) is 54.0. The number of nitrogens with zero attached hydrogens (tertiary/aromatic N) is 6. The molecule has 0 aliphatic rings. The van der Waals surface area contributed by atoms with E-state index in [4.69, 9.17) is 77.9 Å². The number of aldehydes is 3. The molecule has 5 aromatic heterocycles. The quantitative estimate of drug-likeness (QED) is 0.0185. The van der Waals surface area contributed by atoms with Gasteiger partial charge in [-0.25, -0.2) is 39.3 Å². The van der Waals surface area contributed by atoms with Gasteiger partial charge in [0.25, 0.3) is 0 Å². The molecule has 0 saturated heterocycles. The Morgan fingerprint density at radius 2 is 0.787 bits per heavy atom. The highest BCUT2D eigenvalue weighted by Crippen LogP contribution is 2.26. The molecule has 10 aromatic rings. The third kappa shape index (κ3) is 35.4. The summed E-state index contributed by atoms with van der Waals surface area (Å²) in [7, 11) is 0. The average molecular weight is 1650 g/mol. The van der Waals surface area contributed by atoms with E-state index in [1.807, 2.05) is 66.7 Å². The number of pyridine rings is 5. The van der Waals surface area contributed by atoms with Crippen molar-refractivity contribution >= 4 is 140 Å². The summed E-state index contributed by atoms with van der Waals surface area (Å²) in [6.45, 7) is 16.7. The number of hydrogen-bond donors (Lipinski definition) is 4.